The maximum absolute atomic E-state index is 9.25. The third kappa shape index (κ3) is 1.93. The van der Waals surface area contributed by atoms with Gasteiger partial charge in [0.1, 0.15) is 33.5 Å². The number of benzene rings is 4. The van der Waals surface area contributed by atoms with E-state index in [1.54, 1.807) is 0 Å². The Kier molecular flexibility index (Phi) is 3.01. The summed E-state index contributed by atoms with van der Waals surface area (Å²) in [5.74, 6) is 0. The molecule has 0 aliphatic rings. The lowest BCUT2D eigenvalue weighted by molar-refractivity contribution is 0.161. The highest BCUT2D eigenvalue weighted by atomic mass is 16.5. The summed E-state index contributed by atoms with van der Waals surface area (Å²) >= 11 is 0. The summed E-state index contributed by atoms with van der Waals surface area (Å²) in [6, 6.07) is 21.9. The van der Waals surface area contributed by atoms with Gasteiger partial charge < -0.3 is 18.5 Å². The quantitative estimate of drug-likeness (QED) is 0.314. The van der Waals surface area contributed by atoms with Crippen molar-refractivity contribution in [3.8, 4) is 0 Å². The SMILES string of the molecule is ONCc1cccc2oc3c(ccc4oc5ccc6c7ccccc7oc6c5c43)c12. The maximum atomic E-state index is 9.25. The van der Waals surface area contributed by atoms with E-state index in [1.807, 2.05) is 60.7 Å². The molecule has 3 aromatic heterocycles. The first-order valence-corrected chi connectivity index (χ1v) is 9.80. The fourth-order valence-electron chi connectivity index (χ4n) is 4.71. The van der Waals surface area contributed by atoms with Crippen LogP contribution < -0.4 is 5.48 Å². The lowest BCUT2D eigenvalue weighted by Crippen LogP contribution is -2.05. The average Bonchev–Trinajstić information content (AvgIpc) is 3.44. The molecule has 7 rings (SSSR count). The smallest absolute Gasteiger partial charge is 0.147 e. The first kappa shape index (κ1) is 16.0. The number of fused-ring (bicyclic) bond motifs is 11. The third-order valence-electron chi connectivity index (χ3n) is 5.96. The lowest BCUT2D eigenvalue weighted by atomic mass is 10.0. The molecule has 0 fully saturated rings. The molecular weight excluding hydrogens is 378 g/mol. The predicted octanol–water partition coefficient (Wildman–Crippen LogP) is 6.86. The predicted molar refractivity (Wildman–Crippen MR) is 117 cm³/mol. The molecule has 0 atom stereocenters. The van der Waals surface area contributed by atoms with Crippen molar-refractivity contribution < 1.29 is 18.5 Å². The number of hydroxylamine groups is 1. The second kappa shape index (κ2) is 5.63. The van der Waals surface area contributed by atoms with Crippen LogP contribution in [0.25, 0.3) is 65.8 Å². The number of nitrogens with one attached hydrogen (secondary N) is 1. The minimum absolute atomic E-state index is 0.337. The molecule has 144 valence electrons. The molecule has 5 nitrogen and oxygen atoms in total. The van der Waals surface area contributed by atoms with E-state index in [1.165, 1.54) is 0 Å². The van der Waals surface area contributed by atoms with E-state index in [4.69, 9.17) is 13.3 Å². The van der Waals surface area contributed by atoms with E-state index in [9.17, 15) is 5.21 Å². The lowest BCUT2D eigenvalue weighted by Gasteiger charge is -2.00. The normalized spacial score (nSPS) is 12.4. The Morgan fingerprint density at radius 1 is 0.567 bits per heavy atom. The highest BCUT2D eigenvalue weighted by molar-refractivity contribution is 6.29. The molecule has 0 aliphatic carbocycles. The van der Waals surface area contributed by atoms with Crippen molar-refractivity contribution in [1.82, 2.24) is 5.48 Å². The van der Waals surface area contributed by atoms with E-state index in [0.717, 1.165) is 71.4 Å². The summed E-state index contributed by atoms with van der Waals surface area (Å²) in [4.78, 5) is 0. The van der Waals surface area contributed by atoms with Crippen LogP contribution in [-0.2, 0) is 6.54 Å². The van der Waals surface area contributed by atoms with Gasteiger partial charge in [0.15, 0.2) is 0 Å². The summed E-state index contributed by atoms with van der Waals surface area (Å²) in [7, 11) is 0. The Morgan fingerprint density at radius 3 is 2.07 bits per heavy atom. The highest BCUT2D eigenvalue weighted by Crippen LogP contribution is 2.44. The molecule has 30 heavy (non-hydrogen) atoms. The van der Waals surface area contributed by atoms with Crippen molar-refractivity contribution in [3.63, 3.8) is 0 Å². The van der Waals surface area contributed by atoms with Crippen molar-refractivity contribution in [3.05, 3.63) is 72.3 Å². The molecule has 0 spiro atoms. The first-order valence-electron chi connectivity index (χ1n) is 9.80. The van der Waals surface area contributed by atoms with Crippen LogP contribution in [0.2, 0.25) is 0 Å². The van der Waals surface area contributed by atoms with Crippen molar-refractivity contribution in [2.45, 2.75) is 6.54 Å². The van der Waals surface area contributed by atoms with Gasteiger partial charge in [-0.1, -0.05) is 30.3 Å². The first-order chi connectivity index (χ1) is 14.8. The van der Waals surface area contributed by atoms with Gasteiger partial charge in [-0.05, 0) is 42.0 Å². The molecule has 0 unspecified atom stereocenters. The molecule has 5 heteroatoms. The average molecular weight is 393 g/mol. The van der Waals surface area contributed by atoms with Crippen LogP contribution in [0.3, 0.4) is 0 Å². The fraction of sp³-hybridized carbons (Fsp3) is 0.0400. The molecule has 0 aliphatic heterocycles. The maximum Gasteiger partial charge on any atom is 0.147 e. The van der Waals surface area contributed by atoms with Crippen LogP contribution in [0.15, 0.2) is 80.0 Å². The molecule has 0 saturated heterocycles. The largest absolute Gasteiger partial charge is 0.456 e. The zero-order valence-electron chi connectivity index (χ0n) is 15.7. The minimum atomic E-state index is 0.337. The van der Waals surface area contributed by atoms with E-state index < -0.39 is 0 Å². The Labute approximate surface area is 169 Å². The summed E-state index contributed by atoms with van der Waals surface area (Å²) in [6.07, 6.45) is 0. The topological polar surface area (TPSA) is 71.7 Å². The summed E-state index contributed by atoms with van der Waals surface area (Å²) < 4.78 is 18.8. The minimum Gasteiger partial charge on any atom is -0.456 e. The summed E-state index contributed by atoms with van der Waals surface area (Å²) in [6.45, 7) is 0.337. The van der Waals surface area contributed by atoms with Crippen LogP contribution in [0.5, 0.6) is 0 Å². The van der Waals surface area contributed by atoms with Gasteiger partial charge in [0.05, 0.1) is 10.8 Å². The van der Waals surface area contributed by atoms with Gasteiger partial charge in [-0.2, -0.15) is 0 Å². The zero-order chi connectivity index (χ0) is 19.8. The number of rotatable bonds is 2. The summed E-state index contributed by atoms with van der Waals surface area (Å²) in [5.41, 5.74) is 7.94. The van der Waals surface area contributed by atoms with Gasteiger partial charge in [0.2, 0.25) is 0 Å². The Hall–Kier alpha value is -3.80. The second-order valence-electron chi connectivity index (χ2n) is 7.56. The van der Waals surface area contributed by atoms with Crippen molar-refractivity contribution in [1.29, 1.82) is 0 Å². The van der Waals surface area contributed by atoms with E-state index in [-0.39, 0.29) is 0 Å². The highest BCUT2D eigenvalue weighted by Gasteiger charge is 2.21. The monoisotopic (exact) mass is 393 g/mol. The van der Waals surface area contributed by atoms with Crippen molar-refractivity contribution in [2.75, 3.05) is 0 Å². The molecule has 7 aromatic rings. The molecule has 3 heterocycles. The van der Waals surface area contributed by atoms with E-state index >= 15 is 0 Å². The Balaban J connectivity index is 1.72. The number of hydrogen-bond acceptors (Lipinski definition) is 5. The van der Waals surface area contributed by atoms with Crippen LogP contribution in [0.1, 0.15) is 5.56 Å². The molecule has 0 radical (unpaired) electrons. The molecule has 0 amide bonds. The van der Waals surface area contributed by atoms with Crippen LogP contribution in [0.4, 0.5) is 0 Å². The van der Waals surface area contributed by atoms with Crippen molar-refractivity contribution in [2.24, 2.45) is 0 Å². The van der Waals surface area contributed by atoms with Crippen LogP contribution in [0, 0.1) is 0 Å². The molecule has 2 N–H and O–H groups in total. The van der Waals surface area contributed by atoms with Gasteiger partial charge in [-0.3, -0.25) is 0 Å². The van der Waals surface area contributed by atoms with Gasteiger partial charge in [-0.25, -0.2) is 5.48 Å². The number of para-hydroxylation sites is 1. The van der Waals surface area contributed by atoms with Gasteiger partial charge in [0, 0.05) is 28.1 Å². The number of furan rings is 3. The summed E-state index contributed by atoms with van der Waals surface area (Å²) in [5, 5.41) is 15.2. The number of hydrogen-bond donors (Lipinski definition) is 2. The van der Waals surface area contributed by atoms with Gasteiger partial charge >= 0.3 is 0 Å². The third-order valence-corrected chi connectivity index (χ3v) is 5.96. The molecule has 4 aromatic carbocycles. The molecule has 0 saturated carbocycles. The van der Waals surface area contributed by atoms with E-state index in [0.29, 0.717) is 6.54 Å². The van der Waals surface area contributed by atoms with Crippen LogP contribution >= 0.6 is 0 Å². The van der Waals surface area contributed by atoms with Gasteiger partial charge in [0.25, 0.3) is 0 Å². The fourth-order valence-corrected chi connectivity index (χ4v) is 4.71. The van der Waals surface area contributed by atoms with E-state index in [2.05, 4.69) is 11.5 Å². The van der Waals surface area contributed by atoms with Crippen molar-refractivity contribution >= 4 is 65.8 Å². The Bertz CT molecular complexity index is 1770. The standard InChI is InChI=1S/C25H15NO4/c27-26-12-13-4-3-7-18-21(13)16-9-11-20-23(25(16)30-18)22-19(28-20)10-8-15-14-5-1-2-6-17(14)29-24(15)22/h1-11,26-27H,12H2. The molecule has 0 bridgehead atoms. The zero-order valence-corrected chi connectivity index (χ0v) is 15.7. The van der Waals surface area contributed by atoms with Gasteiger partial charge in [-0.15, -0.1) is 0 Å². The molecular formula is C25H15NO4. The Morgan fingerprint density at radius 2 is 1.23 bits per heavy atom. The van der Waals surface area contributed by atoms with Crippen LogP contribution in [-0.4, -0.2) is 5.21 Å². The second-order valence-corrected chi connectivity index (χ2v) is 7.56.